The molecule has 4 rings (SSSR count). The smallest absolute Gasteiger partial charge is 0.340 e. The van der Waals surface area contributed by atoms with Crippen LogP contribution in [0.15, 0.2) is 30.6 Å². The SMILES string of the molecule is CCS(=O)(=O)OOc1ncc(C(C)(C)N)c2cc(Nc3ccc4c(n3)[C@@H](C)[C@H](C)OC4=O)ncc12. The molecule has 3 aromatic heterocycles. The van der Waals surface area contributed by atoms with E-state index in [4.69, 9.17) is 15.4 Å². The average molecular weight is 502 g/mol. The van der Waals surface area contributed by atoms with Crippen LogP contribution in [0.4, 0.5) is 11.6 Å². The number of esters is 1. The number of rotatable bonds is 7. The summed E-state index contributed by atoms with van der Waals surface area (Å²) in [5.41, 5.74) is 7.36. The number of nitrogens with two attached hydrogens (primary N) is 1. The van der Waals surface area contributed by atoms with Gasteiger partial charge in [-0.25, -0.2) is 19.7 Å². The Morgan fingerprint density at radius 1 is 1.14 bits per heavy atom. The first-order chi connectivity index (χ1) is 16.4. The number of pyridine rings is 3. The lowest BCUT2D eigenvalue weighted by Crippen LogP contribution is -2.29. The second-order valence-corrected chi connectivity index (χ2v) is 10.8. The summed E-state index contributed by atoms with van der Waals surface area (Å²) in [6.07, 6.45) is 2.71. The van der Waals surface area contributed by atoms with E-state index in [-0.39, 0.29) is 23.7 Å². The fraction of sp³-hybridized carbons (Fsp3) is 0.391. The Hall–Kier alpha value is -3.35. The number of anilines is 2. The summed E-state index contributed by atoms with van der Waals surface area (Å²) in [7, 11) is -3.85. The zero-order chi connectivity index (χ0) is 25.5. The van der Waals surface area contributed by atoms with Crippen LogP contribution in [0, 0.1) is 0 Å². The molecule has 11 nitrogen and oxygen atoms in total. The number of nitrogens with zero attached hydrogens (tertiary/aromatic N) is 3. The predicted octanol–water partition coefficient (Wildman–Crippen LogP) is 3.28. The molecule has 0 fully saturated rings. The molecular formula is C23H27N5O6S. The lowest BCUT2D eigenvalue weighted by atomic mass is 9.93. The number of hydrogen-bond donors (Lipinski definition) is 2. The molecule has 4 heterocycles. The molecule has 35 heavy (non-hydrogen) atoms. The first-order valence-corrected chi connectivity index (χ1v) is 12.6. The minimum atomic E-state index is -3.85. The molecular weight excluding hydrogens is 474 g/mol. The number of ether oxygens (including phenoxy) is 1. The molecule has 0 aliphatic carbocycles. The maximum atomic E-state index is 12.2. The first kappa shape index (κ1) is 24.8. The van der Waals surface area contributed by atoms with Crippen molar-refractivity contribution >= 4 is 38.5 Å². The summed E-state index contributed by atoms with van der Waals surface area (Å²) >= 11 is 0. The van der Waals surface area contributed by atoms with Crippen LogP contribution in [0.3, 0.4) is 0 Å². The highest BCUT2D eigenvalue weighted by Gasteiger charge is 2.31. The molecule has 0 radical (unpaired) electrons. The van der Waals surface area contributed by atoms with Gasteiger partial charge in [0.05, 0.1) is 22.4 Å². The lowest BCUT2D eigenvalue weighted by molar-refractivity contribution is -0.0951. The minimum Gasteiger partial charge on any atom is -0.458 e. The van der Waals surface area contributed by atoms with E-state index in [1.54, 1.807) is 18.2 Å². The van der Waals surface area contributed by atoms with E-state index in [0.29, 0.717) is 39.2 Å². The van der Waals surface area contributed by atoms with Gasteiger partial charge in [0.15, 0.2) is 0 Å². The van der Waals surface area contributed by atoms with E-state index in [2.05, 4.69) is 24.6 Å². The van der Waals surface area contributed by atoms with Gasteiger partial charge >= 0.3 is 16.1 Å². The molecule has 0 amide bonds. The molecule has 1 aliphatic heterocycles. The van der Waals surface area contributed by atoms with Crippen LogP contribution in [0.5, 0.6) is 5.88 Å². The maximum Gasteiger partial charge on any atom is 0.340 e. The van der Waals surface area contributed by atoms with Crippen LogP contribution in [-0.2, 0) is 24.7 Å². The largest absolute Gasteiger partial charge is 0.458 e. The Morgan fingerprint density at radius 2 is 1.89 bits per heavy atom. The molecule has 186 valence electrons. The predicted molar refractivity (Wildman–Crippen MR) is 129 cm³/mol. The Bertz CT molecular complexity index is 1400. The van der Waals surface area contributed by atoms with Crippen molar-refractivity contribution in [1.82, 2.24) is 15.0 Å². The second kappa shape index (κ2) is 9.02. The Balaban J connectivity index is 1.73. The van der Waals surface area contributed by atoms with Crippen LogP contribution < -0.4 is 15.9 Å². The van der Waals surface area contributed by atoms with E-state index in [0.717, 1.165) is 0 Å². The van der Waals surface area contributed by atoms with Gasteiger partial charge in [0.25, 0.3) is 5.88 Å². The van der Waals surface area contributed by atoms with Crippen LogP contribution >= 0.6 is 0 Å². The summed E-state index contributed by atoms with van der Waals surface area (Å²) < 4.78 is 33.3. The average Bonchev–Trinajstić information content (AvgIpc) is 2.80. The number of hydrogen-bond acceptors (Lipinski definition) is 11. The summed E-state index contributed by atoms with van der Waals surface area (Å²) in [6, 6.07) is 5.09. The summed E-state index contributed by atoms with van der Waals surface area (Å²) in [6.45, 7) is 8.86. The molecule has 0 saturated carbocycles. The van der Waals surface area contributed by atoms with E-state index in [9.17, 15) is 13.2 Å². The van der Waals surface area contributed by atoms with Gasteiger partial charge in [-0.2, -0.15) is 8.42 Å². The number of nitrogens with one attached hydrogen (secondary N) is 1. The maximum absolute atomic E-state index is 12.2. The number of fused-ring (bicyclic) bond motifs is 2. The molecule has 0 unspecified atom stereocenters. The van der Waals surface area contributed by atoms with Crippen molar-refractivity contribution in [3.63, 3.8) is 0 Å². The second-order valence-electron chi connectivity index (χ2n) is 8.96. The minimum absolute atomic E-state index is 0.0581. The molecule has 12 heteroatoms. The molecule has 0 saturated heterocycles. The van der Waals surface area contributed by atoms with Crippen molar-refractivity contribution < 1.29 is 27.2 Å². The highest BCUT2D eigenvalue weighted by atomic mass is 32.2. The molecule has 0 spiro atoms. The van der Waals surface area contributed by atoms with Gasteiger partial charge in [0.2, 0.25) is 0 Å². The third kappa shape index (κ3) is 5.04. The quantitative estimate of drug-likeness (QED) is 0.278. The standard InChI is InChI=1S/C23H27N5O6S/c1-6-35(30,31)34-33-21-16-10-25-19(9-15(16)17(11-26-21)23(4,5)24)27-18-8-7-14-20(28-18)12(2)13(3)32-22(14)29/h7-13H,6,24H2,1-5H3,(H,25,27,28)/t12-,13-/m0/s1. The fourth-order valence-electron chi connectivity index (χ4n) is 3.64. The van der Waals surface area contributed by atoms with Crippen molar-refractivity contribution in [3.8, 4) is 5.88 Å². The van der Waals surface area contributed by atoms with Crippen LogP contribution in [-0.4, -0.2) is 41.2 Å². The van der Waals surface area contributed by atoms with Crippen molar-refractivity contribution in [2.75, 3.05) is 11.1 Å². The summed E-state index contributed by atoms with van der Waals surface area (Å²) in [5, 5.41) is 4.21. The van der Waals surface area contributed by atoms with Gasteiger partial charge in [-0.05, 0) is 56.8 Å². The topological polar surface area (TPSA) is 156 Å². The van der Waals surface area contributed by atoms with E-state index in [1.165, 1.54) is 19.3 Å². The Kier molecular flexibility index (Phi) is 6.38. The van der Waals surface area contributed by atoms with E-state index >= 15 is 0 Å². The number of carbonyl (C=O) groups excluding carboxylic acids is 1. The van der Waals surface area contributed by atoms with Crippen molar-refractivity contribution in [2.45, 2.75) is 52.2 Å². The summed E-state index contributed by atoms with van der Waals surface area (Å²) in [5.74, 6) is 0.181. The van der Waals surface area contributed by atoms with Crippen molar-refractivity contribution in [2.24, 2.45) is 5.73 Å². The molecule has 0 aromatic carbocycles. The highest BCUT2D eigenvalue weighted by Crippen LogP contribution is 2.34. The first-order valence-electron chi connectivity index (χ1n) is 11.1. The lowest BCUT2D eigenvalue weighted by Gasteiger charge is -2.27. The van der Waals surface area contributed by atoms with E-state index in [1.807, 2.05) is 27.7 Å². The Morgan fingerprint density at radius 3 is 2.57 bits per heavy atom. The molecule has 2 atom stereocenters. The van der Waals surface area contributed by atoms with Crippen molar-refractivity contribution in [1.29, 1.82) is 0 Å². The number of aromatic nitrogens is 3. The fourth-order valence-corrected chi connectivity index (χ4v) is 3.91. The van der Waals surface area contributed by atoms with Gasteiger partial charge in [0.1, 0.15) is 17.7 Å². The molecule has 3 aromatic rings. The number of cyclic esters (lactones) is 1. The third-order valence-electron chi connectivity index (χ3n) is 5.83. The van der Waals surface area contributed by atoms with Gasteiger partial charge in [-0.3, -0.25) is 4.89 Å². The van der Waals surface area contributed by atoms with E-state index < -0.39 is 21.6 Å². The molecule has 3 N–H and O–H groups in total. The van der Waals surface area contributed by atoms with Crippen LogP contribution in [0.1, 0.15) is 62.2 Å². The van der Waals surface area contributed by atoms with Gasteiger partial charge in [-0.1, -0.05) is 11.3 Å². The van der Waals surface area contributed by atoms with Gasteiger partial charge in [0, 0.05) is 23.9 Å². The zero-order valence-corrected chi connectivity index (χ0v) is 20.8. The Labute approximate surface area is 203 Å². The third-order valence-corrected chi connectivity index (χ3v) is 6.81. The van der Waals surface area contributed by atoms with Gasteiger partial charge in [-0.15, -0.1) is 0 Å². The van der Waals surface area contributed by atoms with Gasteiger partial charge < -0.3 is 15.8 Å². The monoisotopic (exact) mass is 501 g/mol. The van der Waals surface area contributed by atoms with Crippen LogP contribution in [0.2, 0.25) is 0 Å². The molecule has 1 aliphatic rings. The van der Waals surface area contributed by atoms with Crippen molar-refractivity contribution in [3.05, 3.63) is 47.4 Å². The molecule has 0 bridgehead atoms. The normalized spacial score (nSPS) is 18.2. The zero-order valence-electron chi connectivity index (χ0n) is 20.0. The number of carbonyl (C=O) groups is 1. The summed E-state index contributed by atoms with van der Waals surface area (Å²) in [4.78, 5) is 30.4. The highest BCUT2D eigenvalue weighted by molar-refractivity contribution is 7.86. The van der Waals surface area contributed by atoms with Crippen LogP contribution in [0.25, 0.3) is 10.8 Å².